The number of rotatable bonds is 5. The first kappa shape index (κ1) is 26.1. The molecule has 1 saturated heterocycles. The number of carbonyl (C=O) groups is 1. The fourth-order valence-corrected chi connectivity index (χ4v) is 4.29. The SMILES string of the molecule is CC(=O)CC#N.CC1CCC(CCN2CCN(c3cccc(C(F)(F)F)c3F)CC2)CC1. The van der Waals surface area contributed by atoms with Gasteiger partial charge in [-0.3, -0.25) is 9.69 Å². The summed E-state index contributed by atoms with van der Waals surface area (Å²) >= 11 is 0. The van der Waals surface area contributed by atoms with Crippen molar-refractivity contribution in [1.29, 1.82) is 5.26 Å². The van der Waals surface area contributed by atoms with Crippen molar-refractivity contribution in [3.8, 4) is 6.07 Å². The van der Waals surface area contributed by atoms with E-state index in [1.807, 2.05) is 0 Å². The number of anilines is 1. The molecule has 1 heterocycles. The predicted molar refractivity (Wildman–Crippen MR) is 117 cm³/mol. The topological polar surface area (TPSA) is 47.3 Å². The van der Waals surface area contributed by atoms with Crippen LogP contribution in [0.15, 0.2) is 18.2 Å². The minimum absolute atomic E-state index is 0.0417. The lowest BCUT2D eigenvalue weighted by molar-refractivity contribution is -0.139. The Balaban J connectivity index is 0.000000534. The summed E-state index contributed by atoms with van der Waals surface area (Å²) in [6.45, 7) is 7.45. The van der Waals surface area contributed by atoms with Crippen LogP contribution in [0.5, 0.6) is 0 Å². The lowest BCUT2D eigenvalue weighted by Gasteiger charge is -2.37. The molecule has 32 heavy (non-hydrogen) atoms. The largest absolute Gasteiger partial charge is 0.419 e. The van der Waals surface area contributed by atoms with Gasteiger partial charge in [0.1, 0.15) is 5.78 Å². The first-order valence-corrected chi connectivity index (χ1v) is 11.3. The third-order valence-electron chi connectivity index (χ3n) is 6.31. The number of carbonyl (C=O) groups excluding carboxylic acids is 1. The van der Waals surface area contributed by atoms with E-state index in [0.717, 1.165) is 37.5 Å². The molecular weight excluding hydrogens is 422 g/mol. The average molecular weight is 456 g/mol. The molecule has 0 bridgehead atoms. The summed E-state index contributed by atoms with van der Waals surface area (Å²) in [6.07, 6.45) is 1.87. The third kappa shape index (κ3) is 8.09. The fourth-order valence-electron chi connectivity index (χ4n) is 4.29. The Morgan fingerprint density at radius 2 is 1.75 bits per heavy atom. The molecule has 3 rings (SSSR count). The Labute approximate surface area is 188 Å². The molecule has 0 amide bonds. The van der Waals surface area contributed by atoms with Crippen LogP contribution in [-0.4, -0.2) is 43.4 Å². The van der Waals surface area contributed by atoms with Crippen molar-refractivity contribution in [1.82, 2.24) is 4.90 Å². The van der Waals surface area contributed by atoms with E-state index < -0.39 is 17.6 Å². The van der Waals surface area contributed by atoms with Crippen LogP contribution in [0, 0.1) is 29.0 Å². The summed E-state index contributed by atoms with van der Waals surface area (Å²) < 4.78 is 53.0. The number of piperazine rings is 1. The Morgan fingerprint density at radius 3 is 2.25 bits per heavy atom. The number of alkyl halides is 3. The normalized spacial score (nSPS) is 22.0. The maximum Gasteiger partial charge on any atom is 0.419 e. The van der Waals surface area contributed by atoms with E-state index in [4.69, 9.17) is 5.26 Å². The molecule has 1 aliphatic heterocycles. The van der Waals surface area contributed by atoms with E-state index >= 15 is 0 Å². The standard InChI is InChI=1S/C20H28F4N2.C4H5NO/c1-15-5-7-16(8-6-15)9-10-25-11-13-26(14-12-25)18-4-2-3-17(19(18)21)20(22,23)24;1-4(6)2-3-5/h2-4,15-16H,5-14H2,1H3;2H2,1H3. The van der Waals surface area contributed by atoms with Crippen LogP contribution in [0.1, 0.15) is 57.9 Å². The molecule has 0 atom stereocenters. The maximum atomic E-state index is 14.3. The Kier molecular flexibility index (Phi) is 9.95. The van der Waals surface area contributed by atoms with Crippen molar-refractivity contribution >= 4 is 11.5 Å². The molecule has 0 aromatic heterocycles. The molecule has 8 heteroatoms. The summed E-state index contributed by atoms with van der Waals surface area (Å²) in [5.41, 5.74) is -1.11. The van der Waals surface area contributed by atoms with E-state index in [0.29, 0.717) is 13.1 Å². The van der Waals surface area contributed by atoms with Crippen molar-refractivity contribution < 1.29 is 22.4 Å². The van der Waals surface area contributed by atoms with Gasteiger partial charge in [-0.25, -0.2) is 4.39 Å². The highest BCUT2D eigenvalue weighted by Crippen LogP contribution is 2.35. The van der Waals surface area contributed by atoms with Crippen LogP contribution >= 0.6 is 0 Å². The molecule has 178 valence electrons. The number of benzene rings is 1. The number of Topliss-reactive ketones (excluding diaryl/α,β-unsaturated/α-hetero) is 1. The molecule has 2 aliphatic rings. The van der Waals surface area contributed by atoms with E-state index in [1.54, 1.807) is 11.0 Å². The Morgan fingerprint density at radius 1 is 1.12 bits per heavy atom. The van der Waals surface area contributed by atoms with Gasteiger partial charge < -0.3 is 4.90 Å². The van der Waals surface area contributed by atoms with E-state index in [1.165, 1.54) is 51.2 Å². The number of nitrogens with zero attached hydrogens (tertiary/aromatic N) is 3. The highest BCUT2D eigenvalue weighted by molar-refractivity contribution is 5.77. The molecule has 2 fully saturated rings. The van der Waals surface area contributed by atoms with Crippen LogP contribution in [0.4, 0.5) is 23.2 Å². The van der Waals surface area contributed by atoms with Gasteiger partial charge in [-0.2, -0.15) is 18.4 Å². The monoisotopic (exact) mass is 455 g/mol. The second-order valence-corrected chi connectivity index (χ2v) is 8.92. The number of hydrogen-bond donors (Lipinski definition) is 0. The van der Waals surface area contributed by atoms with E-state index in [2.05, 4.69) is 11.8 Å². The summed E-state index contributed by atoms with van der Waals surface area (Å²) in [5, 5.41) is 7.77. The van der Waals surface area contributed by atoms with E-state index in [9.17, 15) is 22.4 Å². The second-order valence-electron chi connectivity index (χ2n) is 8.92. The van der Waals surface area contributed by atoms with Crippen molar-refractivity contribution in [3.63, 3.8) is 0 Å². The molecule has 1 aliphatic carbocycles. The molecule has 0 radical (unpaired) electrons. The van der Waals surface area contributed by atoms with Crippen molar-refractivity contribution in [2.24, 2.45) is 11.8 Å². The molecule has 4 nitrogen and oxygen atoms in total. The van der Waals surface area contributed by atoms with Crippen LogP contribution in [-0.2, 0) is 11.0 Å². The van der Waals surface area contributed by atoms with Crippen molar-refractivity contribution in [3.05, 3.63) is 29.6 Å². The lowest BCUT2D eigenvalue weighted by atomic mass is 9.81. The van der Waals surface area contributed by atoms with Gasteiger partial charge in [0.25, 0.3) is 0 Å². The Bertz CT molecular complexity index is 774. The highest BCUT2D eigenvalue weighted by atomic mass is 19.4. The average Bonchev–Trinajstić information content (AvgIpc) is 2.73. The molecule has 1 aromatic carbocycles. The summed E-state index contributed by atoms with van der Waals surface area (Å²) in [7, 11) is 0. The number of ketones is 1. The molecule has 1 aromatic rings. The molecule has 0 N–H and O–H groups in total. The molecule has 1 saturated carbocycles. The zero-order valence-corrected chi connectivity index (χ0v) is 18.9. The minimum Gasteiger partial charge on any atom is -0.367 e. The van der Waals surface area contributed by atoms with E-state index in [-0.39, 0.29) is 17.9 Å². The van der Waals surface area contributed by atoms with Crippen LogP contribution in [0.3, 0.4) is 0 Å². The van der Waals surface area contributed by atoms with Gasteiger partial charge in [0, 0.05) is 26.2 Å². The van der Waals surface area contributed by atoms with Gasteiger partial charge in [-0.05, 0) is 43.9 Å². The van der Waals surface area contributed by atoms with Crippen LogP contribution in [0.25, 0.3) is 0 Å². The Hall–Kier alpha value is -2.14. The fraction of sp³-hybridized carbons (Fsp3) is 0.667. The first-order chi connectivity index (χ1) is 15.1. The van der Waals surface area contributed by atoms with Gasteiger partial charge in [-0.1, -0.05) is 38.7 Å². The summed E-state index contributed by atoms with van der Waals surface area (Å²) in [6, 6.07) is 5.26. The van der Waals surface area contributed by atoms with Gasteiger partial charge in [0.2, 0.25) is 0 Å². The van der Waals surface area contributed by atoms with Gasteiger partial charge >= 0.3 is 6.18 Å². The first-order valence-electron chi connectivity index (χ1n) is 11.3. The van der Waals surface area contributed by atoms with Crippen molar-refractivity contribution in [2.45, 2.75) is 58.5 Å². The summed E-state index contributed by atoms with van der Waals surface area (Å²) in [4.78, 5) is 13.9. The number of nitriles is 1. The maximum absolute atomic E-state index is 14.3. The number of hydrogen-bond acceptors (Lipinski definition) is 4. The zero-order valence-electron chi connectivity index (χ0n) is 18.9. The lowest BCUT2D eigenvalue weighted by Crippen LogP contribution is -2.47. The molecular formula is C24H33F4N3O. The van der Waals surface area contributed by atoms with Gasteiger partial charge in [0.15, 0.2) is 5.82 Å². The molecule has 0 unspecified atom stereocenters. The predicted octanol–water partition coefficient (Wildman–Crippen LogP) is 5.67. The van der Waals surface area contributed by atoms with Gasteiger partial charge in [0.05, 0.1) is 23.7 Å². The summed E-state index contributed by atoms with van der Waals surface area (Å²) in [5.74, 6) is 0.449. The molecule has 0 spiro atoms. The quantitative estimate of drug-likeness (QED) is 0.537. The van der Waals surface area contributed by atoms with Crippen LogP contribution in [0.2, 0.25) is 0 Å². The highest BCUT2D eigenvalue weighted by Gasteiger charge is 2.35. The second kappa shape index (κ2) is 12.2. The third-order valence-corrected chi connectivity index (χ3v) is 6.31. The minimum atomic E-state index is -4.65. The smallest absolute Gasteiger partial charge is 0.367 e. The van der Waals surface area contributed by atoms with Crippen molar-refractivity contribution in [2.75, 3.05) is 37.6 Å². The van der Waals surface area contributed by atoms with Gasteiger partial charge in [-0.15, -0.1) is 0 Å². The number of halogens is 4. The zero-order chi connectivity index (χ0) is 23.7. The van der Waals surface area contributed by atoms with Crippen LogP contribution < -0.4 is 4.90 Å².